The van der Waals surface area contributed by atoms with Crippen LogP contribution < -0.4 is 0 Å². The Balaban J connectivity index is 1.49. The Morgan fingerprint density at radius 3 is 2.78 bits per heavy atom. The first-order valence-electron chi connectivity index (χ1n) is 8.60. The third kappa shape index (κ3) is 4.35. The summed E-state index contributed by atoms with van der Waals surface area (Å²) in [6.45, 7) is 2.94. The molecule has 4 heteroatoms. The SMILES string of the molecule is O=C(C=Cc1ccc(O)cc1)OCC1CCCN2CCCCC12. The monoisotopic (exact) mass is 315 g/mol. The van der Waals surface area contributed by atoms with E-state index in [2.05, 4.69) is 4.90 Å². The molecule has 124 valence electrons. The fraction of sp³-hybridized carbons (Fsp3) is 0.526. The third-order valence-electron chi connectivity index (χ3n) is 4.97. The van der Waals surface area contributed by atoms with Crippen molar-refractivity contribution < 1.29 is 14.6 Å². The van der Waals surface area contributed by atoms with Crippen molar-refractivity contribution in [1.29, 1.82) is 0 Å². The number of ether oxygens (including phenoxy) is 1. The second kappa shape index (κ2) is 7.64. The summed E-state index contributed by atoms with van der Waals surface area (Å²) < 4.78 is 5.47. The summed E-state index contributed by atoms with van der Waals surface area (Å²) >= 11 is 0. The number of piperidine rings is 2. The van der Waals surface area contributed by atoms with E-state index < -0.39 is 0 Å². The maximum absolute atomic E-state index is 11.9. The van der Waals surface area contributed by atoms with E-state index in [1.54, 1.807) is 30.3 Å². The van der Waals surface area contributed by atoms with Gasteiger partial charge in [0, 0.05) is 18.0 Å². The smallest absolute Gasteiger partial charge is 0.330 e. The Morgan fingerprint density at radius 1 is 1.17 bits per heavy atom. The first-order chi connectivity index (χ1) is 11.2. The summed E-state index contributed by atoms with van der Waals surface area (Å²) in [5.74, 6) is 0.417. The van der Waals surface area contributed by atoms with Crippen molar-refractivity contribution in [2.45, 2.75) is 38.1 Å². The number of fused-ring (bicyclic) bond motifs is 1. The van der Waals surface area contributed by atoms with Gasteiger partial charge in [-0.2, -0.15) is 0 Å². The number of hydrogen-bond acceptors (Lipinski definition) is 4. The van der Waals surface area contributed by atoms with Gasteiger partial charge >= 0.3 is 5.97 Å². The van der Waals surface area contributed by atoms with Crippen molar-refractivity contribution in [2.24, 2.45) is 5.92 Å². The number of carbonyl (C=O) groups is 1. The Kier molecular flexibility index (Phi) is 5.34. The van der Waals surface area contributed by atoms with Gasteiger partial charge in [-0.25, -0.2) is 4.79 Å². The normalized spacial score (nSPS) is 25.2. The number of phenolic OH excluding ortho intramolecular Hbond substituents is 1. The van der Waals surface area contributed by atoms with Crippen LogP contribution in [0.4, 0.5) is 0 Å². The highest BCUT2D eigenvalue weighted by Crippen LogP contribution is 2.31. The van der Waals surface area contributed by atoms with E-state index in [0.717, 1.165) is 12.0 Å². The number of esters is 1. The third-order valence-corrected chi connectivity index (χ3v) is 4.97. The van der Waals surface area contributed by atoms with Crippen LogP contribution in [-0.2, 0) is 9.53 Å². The largest absolute Gasteiger partial charge is 0.508 e. The van der Waals surface area contributed by atoms with Gasteiger partial charge in [-0.15, -0.1) is 0 Å². The zero-order chi connectivity index (χ0) is 16.1. The van der Waals surface area contributed by atoms with Gasteiger partial charge in [0.05, 0.1) is 6.61 Å². The highest BCUT2D eigenvalue weighted by Gasteiger charge is 2.33. The van der Waals surface area contributed by atoms with Crippen LogP contribution >= 0.6 is 0 Å². The first-order valence-corrected chi connectivity index (χ1v) is 8.60. The van der Waals surface area contributed by atoms with Crippen molar-refractivity contribution in [1.82, 2.24) is 4.90 Å². The molecule has 1 aromatic rings. The molecule has 0 bridgehead atoms. The summed E-state index contributed by atoms with van der Waals surface area (Å²) in [5.41, 5.74) is 0.871. The number of benzene rings is 1. The average Bonchev–Trinajstić information content (AvgIpc) is 2.59. The van der Waals surface area contributed by atoms with Crippen LogP contribution in [0.15, 0.2) is 30.3 Å². The molecule has 0 radical (unpaired) electrons. The van der Waals surface area contributed by atoms with E-state index in [1.165, 1.54) is 44.8 Å². The van der Waals surface area contributed by atoms with Gasteiger partial charge in [-0.05, 0) is 62.5 Å². The average molecular weight is 315 g/mol. The van der Waals surface area contributed by atoms with Crippen molar-refractivity contribution in [3.05, 3.63) is 35.9 Å². The van der Waals surface area contributed by atoms with E-state index in [4.69, 9.17) is 4.74 Å². The maximum Gasteiger partial charge on any atom is 0.330 e. The van der Waals surface area contributed by atoms with Gasteiger partial charge in [0.1, 0.15) is 5.75 Å². The molecule has 2 fully saturated rings. The number of rotatable bonds is 4. The molecule has 2 saturated heterocycles. The number of hydrogen-bond donors (Lipinski definition) is 1. The summed E-state index contributed by atoms with van der Waals surface area (Å²) in [5, 5.41) is 9.24. The summed E-state index contributed by atoms with van der Waals surface area (Å²) in [6.07, 6.45) is 9.40. The summed E-state index contributed by atoms with van der Waals surface area (Å²) in [6, 6.07) is 7.33. The maximum atomic E-state index is 11.9. The molecule has 0 aromatic heterocycles. The van der Waals surface area contributed by atoms with Gasteiger partial charge in [-0.1, -0.05) is 18.6 Å². The predicted molar refractivity (Wildman–Crippen MR) is 90.0 cm³/mol. The lowest BCUT2D eigenvalue weighted by Crippen LogP contribution is -2.49. The fourth-order valence-corrected chi connectivity index (χ4v) is 3.76. The molecule has 0 saturated carbocycles. The van der Waals surface area contributed by atoms with Gasteiger partial charge in [0.2, 0.25) is 0 Å². The predicted octanol–water partition coefficient (Wildman–Crippen LogP) is 3.21. The highest BCUT2D eigenvalue weighted by atomic mass is 16.5. The van der Waals surface area contributed by atoms with Gasteiger partial charge in [0.15, 0.2) is 0 Å². The van der Waals surface area contributed by atoms with Crippen molar-refractivity contribution in [3.63, 3.8) is 0 Å². The lowest BCUT2D eigenvalue weighted by Gasteiger charge is -2.44. The minimum Gasteiger partial charge on any atom is -0.508 e. The van der Waals surface area contributed by atoms with E-state index in [9.17, 15) is 9.90 Å². The molecule has 3 rings (SSSR count). The van der Waals surface area contributed by atoms with E-state index in [0.29, 0.717) is 18.6 Å². The molecule has 0 aliphatic carbocycles. The highest BCUT2D eigenvalue weighted by molar-refractivity contribution is 5.87. The molecule has 4 nitrogen and oxygen atoms in total. The molecular formula is C19H25NO3. The van der Waals surface area contributed by atoms with Crippen LogP contribution in [0, 0.1) is 5.92 Å². The molecule has 2 unspecified atom stereocenters. The number of carbonyl (C=O) groups excluding carboxylic acids is 1. The number of aromatic hydroxyl groups is 1. The molecular weight excluding hydrogens is 290 g/mol. The van der Waals surface area contributed by atoms with Gasteiger partial charge < -0.3 is 9.84 Å². The van der Waals surface area contributed by atoms with Crippen LogP contribution in [0.2, 0.25) is 0 Å². The summed E-state index contributed by atoms with van der Waals surface area (Å²) in [7, 11) is 0. The second-order valence-corrected chi connectivity index (χ2v) is 6.56. The summed E-state index contributed by atoms with van der Waals surface area (Å²) in [4.78, 5) is 14.5. The Hall–Kier alpha value is -1.81. The lowest BCUT2D eigenvalue weighted by atomic mass is 9.84. The van der Waals surface area contributed by atoms with E-state index in [1.807, 2.05) is 0 Å². The first kappa shape index (κ1) is 16.1. The minimum absolute atomic E-state index is 0.221. The van der Waals surface area contributed by atoms with Crippen LogP contribution in [0.25, 0.3) is 6.08 Å². The standard InChI is InChI=1S/C19H25NO3/c21-17-9-6-15(7-10-17)8-11-19(22)23-14-16-4-3-13-20-12-2-1-5-18(16)20/h6-11,16,18,21H,1-5,12-14H2. The minimum atomic E-state index is -0.286. The second-order valence-electron chi connectivity index (χ2n) is 6.56. The molecule has 2 atom stereocenters. The molecule has 2 heterocycles. The van der Waals surface area contributed by atoms with Crippen LogP contribution in [0.3, 0.4) is 0 Å². The van der Waals surface area contributed by atoms with Gasteiger partial charge in [0.25, 0.3) is 0 Å². The quantitative estimate of drug-likeness (QED) is 0.685. The zero-order valence-corrected chi connectivity index (χ0v) is 13.5. The Morgan fingerprint density at radius 2 is 1.96 bits per heavy atom. The Labute approximate surface area is 137 Å². The van der Waals surface area contributed by atoms with Gasteiger partial charge in [-0.3, -0.25) is 4.90 Å². The Bertz CT molecular complexity index is 550. The number of phenols is 1. The lowest BCUT2D eigenvalue weighted by molar-refractivity contribution is -0.140. The molecule has 0 spiro atoms. The zero-order valence-electron chi connectivity index (χ0n) is 13.5. The molecule has 2 aliphatic heterocycles. The molecule has 2 aliphatic rings. The fourth-order valence-electron chi connectivity index (χ4n) is 3.76. The molecule has 0 amide bonds. The topological polar surface area (TPSA) is 49.8 Å². The molecule has 1 aromatic carbocycles. The number of nitrogens with zero attached hydrogens (tertiary/aromatic N) is 1. The van der Waals surface area contributed by atoms with E-state index in [-0.39, 0.29) is 11.7 Å². The van der Waals surface area contributed by atoms with Crippen LogP contribution in [0.5, 0.6) is 5.75 Å². The van der Waals surface area contributed by atoms with Crippen molar-refractivity contribution in [2.75, 3.05) is 19.7 Å². The van der Waals surface area contributed by atoms with Crippen LogP contribution in [-0.4, -0.2) is 41.7 Å². The molecule has 23 heavy (non-hydrogen) atoms. The van der Waals surface area contributed by atoms with Crippen LogP contribution in [0.1, 0.15) is 37.7 Å². The molecule has 1 N–H and O–H groups in total. The van der Waals surface area contributed by atoms with Crippen molar-refractivity contribution >= 4 is 12.0 Å². The van der Waals surface area contributed by atoms with Crippen molar-refractivity contribution in [3.8, 4) is 5.75 Å². The van der Waals surface area contributed by atoms with E-state index >= 15 is 0 Å².